The van der Waals surface area contributed by atoms with Gasteiger partial charge in [0.2, 0.25) is 5.91 Å². The van der Waals surface area contributed by atoms with Gasteiger partial charge in [-0.1, -0.05) is 6.07 Å². The lowest BCUT2D eigenvalue weighted by Gasteiger charge is -2.16. The predicted octanol–water partition coefficient (Wildman–Crippen LogP) is 3.47. The predicted molar refractivity (Wildman–Crippen MR) is 105 cm³/mol. The van der Waals surface area contributed by atoms with Crippen LogP contribution in [0.15, 0.2) is 18.2 Å². The van der Waals surface area contributed by atoms with E-state index in [1.54, 1.807) is 0 Å². The van der Waals surface area contributed by atoms with Crippen LogP contribution < -0.4 is 10.1 Å². The molecule has 0 radical (unpaired) electrons. The number of aryl methyl sites for hydroxylation is 3. The van der Waals surface area contributed by atoms with E-state index >= 15 is 0 Å². The topological polar surface area (TPSA) is 65.4 Å². The second-order valence-corrected chi connectivity index (χ2v) is 7.27. The molecule has 1 amide bonds. The fraction of sp³-hybridized carbons (Fsp3) is 0.524. The van der Waals surface area contributed by atoms with E-state index in [0.29, 0.717) is 30.9 Å². The van der Waals surface area contributed by atoms with Crippen molar-refractivity contribution in [1.82, 2.24) is 9.78 Å². The zero-order chi connectivity index (χ0) is 19.4. The first-order chi connectivity index (χ1) is 12.9. The quantitative estimate of drug-likeness (QED) is 0.809. The van der Waals surface area contributed by atoms with Gasteiger partial charge in [0.15, 0.2) is 0 Å². The number of hydrogen-bond acceptors (Lipinski definition) is 4. The molecule has 0 bridgehead atoms. The average Bonchev–Trinajstić information content (AvgIpc) is 3.22. The van der Waals surface area contributed by atoms with E-state index < -0.39 is 0 Å². The molecule has 1 aliphatic heterocycles. The molecular formula is C21H29N3O3. The van der Waals surface area contributed by atoms with Crippen molar-refractivity contribution in [3.8, 4) is 5.75 Å². The monoisotopic (exact) mass is 371 g/mol. The third kappa shape index (κ3) is 4.89. The highest BCUT2D eigenvalue weighted by Crippen LogP contribution is 2.27. The van der Waals surface area contributed by atoms with Gasteiger partial charge in [0.1, 0.15) is 12.4 Å². The van der Waals surface area contributed by atoms with Gasteiger partial charge < -0.3 is 14.8 Å². The lowest BCUT2D eigenvalue weighted by molar-refractivity contribution is -0.116. The minimum atomic E-state index is -0.0246. The van der Waals surface area contributed by atoms with E-state index in [1.807, 2.05) is 50.7 Å². The molecule has 1 saturated heterocycles. The number of hydrogen-bond donors (Lipinski definition) is 1. The minimum absolute atomic E-state index is 0.0246. The van der Waals surface area contributed by atoms with Crippen LogP contribution in [0.25, 0.3) is 0 Å². The Balaban J connectivity index is 1.61. The fourth-order valence-electron chi connectivity index (χ4n) is 3.44. The van der Waals surface area contributed by atoms with Crippen LogP contribution >= 0.6 is 0 Å². The number of nitrogens with zero attached hydrogens (tertiary/aromatic N) is 2. The summed E-state index contributed by atoms with van der Waals surface area (Å²) < 4.78 is 13.4. The zero-order valence-corrected chi connectivity index (χ0v) is 16.7. The molecular weight excluding hydrogens is 342 g/mol. The van der Waals surface area contributed by atoms with E-state index in [2.05, 4.69) is 10.4 Å². The molecule has 1 aromatic heterocycles. The number of aromatic nitrogens is 2. The Hall–Kier alpha value is -2.34. The van der Waals surface area contributed by atoms with E-state index in [1.165, 1.54) is 0 Å². The number of carbonyl (C=O) groups is 1. The van der Waals surface area contributed by atoms with Crippen LogP contribution in [-0.2, 0) is 23.0 Å². The standard InChI is InChI=1S/C21H29N3O3/c1-14-7-9-19(20(12-14)27-13-17-6-5-11-26-17)22-21(25)10-8-18-15(2)23-24(4)16(18)3/h7,9,12,17H,5-6,8,10-11,13H2,1-4H3,(H,22,25). The number of anilines is 1. The number of ether oxygens (including phenoxy) is 2. The molecule has 27 heavy (non-hydrogen) atoms. The second kappa shape index (κ2) is 8.57. The summed E-state index contributed by atoms with van der Waals surface area (Å²) in [5, 5.41) is 7.41. The van der Waals surface area contributed by atoms with Crippen molar-refractivity contribution in [3.05, 3.63) is 40.7 Å². The Morgan fingerprint density at radius 3 is 2.85 bits per heavy atom. The summed E-state index contributed by atoms with van der Waals surface area (Å²) in [6.45, 7) is 7.35. The minimum Gasteiger partial charge on any atom is -0.489 e. The Kier molecular flexibility index (Phi) is 6.16. The molecule has 1 aromatic carbocycles. The summed E-state index contributed by atoms with van der Waals surface area (Å²) in [4.78, 5) is 12.5. The fourth-order valence-corrected chi connectivity index (χ4v) is 3.44. The van der Waals surface area contributed by atoms with Gasteiger partial charge in [-0.25, -0.2) is 0 Å². The first-order valence-corrected chi connectivity index (χ1v) is 9.58. The molecule has 1 aliphatic rings. The Bertz CT molecular complexity index is 807. The molecule has 6 heteroatoms. The van der Waals surface area contributed by atoms with Gasteiger partial charge in [-0.05, 0) is 63.3 Å². The van der Waals surface area contributed by atoms with Gasteiger partial charge in [0.25, 0.3) is 0 Å². The molecule has 2 heterocycles. The van der Waals surface area contributed by atoms with Crippen molar-refractivity contribution in [2.75, 3.05) is 18.5 Å². The van der Waals surface area contributed by atoms with Gasteiger partial charge in [-0.3, -0.25) is 9.48 Å². The summed E-state index contributed by atoms with van der Waals surface area (Å²) in [6.07, 6.45) is 3.34. The summed E-state index contributed by atoms with van der Waals surface area (Å²) in [6, 6.07) is 5.84. The van der Waals surface area contributed by atoms with Gasteiger partial charge in [0, 0.05) is 25.8 Å². The molecule has 1 unspecified atom stereocenters. The summed E-state index contributed by atoms with van der Waals surface area (Å²) in [5.41, 5.74) is 5.04. The summed E-state index contributed by atoms with van der Waals surface area (Å²) in [5.74, 6) is 0.677. The Labute approximate surface area is 160 Å². The van der Waals surface area contributed by atoms with Gasteiger partial charge in [-0.2, -0.15) is 5.10 Å². The maximum Gasteiger partial charge on any atom is 0.224 e. The molecule has 1 fully saturated rings. The maximum atomic E-state index is 12.5. The number of carbonyl (C=O) groups excluding carboxylic acids is 1. The molecule has 0 spiro atoms. The lowest BCUT2D eigenvalue weighted by atomic mass is 10.1. The first-order valence-electron chi connectivity index (χ1n) is 9.58. The van der Waals surface area contributed by atoms with E-state index in [-0.39, 0.29) is 12.0 Å². The normalized spacial score (nSPS) is 16.5. The van der Waals surface area contributed by atoms with Crippen LogP contribution in [0.2, 0.25) is 0 Å². The van der Waals surface area contributed by atoms with E-state index in [0.717, 1.165) is 42.0 Å². The van der Waals surface area contributed by atoms with Crippen LogP contribution in [0.1, 0.15) is 41.8 Å². The third-order valence-corrected chi connectivity index (χ3v) is 5.12. The van der Waals surface area contributed by atoms with Crippen LogP contribution in [0.5, 0.6) is 5.75 Å². The molecule has 3 rings (SSSR count). The van der Waals surface area contributed by atoms with Crippen molar-refractivity contribution in [2.45, 2.75) is 52.6 Å². The number of amides is 1. The van der Waals surface area contributed by atoms with Gasteiger partial charge in [0.05, 0.1) is 17.5 Å². The highest BCUT2D eigenvalue weighted by atomic mass is 16.5. The number of rotatable bonds is 7. The molecule has 0 aliphatic carbocycles. The van der Waals surface area contributed by atoms with Crippen LogP contribution in [0, 0.1) is 20.8 Å². The zero-order valence-electron chi connectivity index (χ0n) is 16.7. The van der Waals surface area contributed by atoms with Gasteiger partial charge in [-0.15, -0.1) is 0 Å². The highest BCUT2D eigenvalue weighted by molar-refractivity contribution is 5.92. The number of nitrogens with one attached hydrogen (secondary N) is 1. The second-order valence-electron chi connectivity index (χ2n) is 7.27. The highest BCUT2D eigenvalue weighted by Gasteiger charge is 2.18. The maximum absolute atomic E-state index is 12.5. The Morgan fingerprint density at radius 1 is 1.37 bits per heavy atom. The smallest absolute Gasteiger partial charge is 0.224 e. The lowest BCUT2D eigenvalue weighted by Crippen LogP contribution is -2.18. The Morgan fingerprint density at radius 2 is 2.19 bits per heavy atom. The van der Waals surface area contributed by atoms with Crippen LogP contribution in [0.3, 0.4) is 0 Å². The molecule has 6 nitrogen and oxygen atoms in total. The van der Waals surface area contributed by atoms with E-state index in [4.69, 9.17) is 9.47 Å². The largest absolute Gasteiger partial charge is 0.489 e. The molecule has 0 saturated carbocycles. The first kappa shape index (κ1) is 19.4. The molecule has 1 N–H and O–H groups in total. The summed E-state index contributed by atoms with van der Waals surface area (Å²) >= 11 is 0. The van der Waals surface area contributed by atoms with Crippen molar-refractivity contribution in [3.63, 3.8) is 0 Å². The molecule has 146 valence electrons. The molecule has 1 atom stereocenters. The van der Waals surface area contributed by atoms with Crippen molar-refractivity contribution >= 4 is 11.6 Å². The SMILES string of the molecule is Cc1ccc(NC(=O)CCc2c(C)nn(C)c2C)c(OCC2CCCO2)c1. The van der Waals surface area contributed by atoms with Gasteiger partial charge >= 0.3 is 0 Å². The van der Waals surface area contributed by atoms with Crippen LogP contribution in [-0.4, -0.2) is 35.0 Å². The van der Waals surface area contributed by atoms with Crippen molar-refractivity contribution in [1.29, 1.82) is 0 Å². The van der Waals surface area contributed by atoms with Crippen molar-refractivity contribution < 1.29 is 14.3 Å². The summed E-state index contributed by atoms with van der Waals surface area (Å²) in [7, 11) is 1.93. The third-order valence-electron chi connectivity index (χ3n) is 5.12. The van der Waals surface area contributed by atoms with Crippen LogP contribution in [0.4, 0.5) is 5.69 Å². The number of benzene rings is 1. The molecule has 2 aromatic rings. The average molecular weight is 371 g/mol. The van der Waals surface area contributed by atoms with E-state index in [9.17, 15) is 4.79 Å². The van der Waals surface area contributed by atoms with Crippen molar-refractivity contribution in [2.24, 2.45) is 7.05 Å².